The first-order chi connectivity index (χ1) is 8.06. The molecule has 0 saturated heterocycles. The van der Waals surface area contributed by atoms with Gasteiger partial charge in [-0.3, -0.25) is 9.59 Å². The zero-order chi connectivity index (χ0) is 12.8. The predicted molar refractivity (Wildman–Crippen MR) is 65.3 cm³/mol. The molecule has 0 aliphatic heterocycles. The second kappa shape index (κ2) is 6.25. The van der Waals surface area contributed by atoms with Crippen LogP contribution in [0.3, 0.4) is 0 Å². The van der Waals surface area contributed by atoms with Crippen molar-refractivity contribution in [3.63, 3.8) is 0 Å². The number of hydrogen-bond donors (Lipinski definition) is 1. The molecule has 0 fully saturated rings. The summed E-state index contributed by atoms with van der Waals surface area (Å²) in [6, 6.07) is 8.25. The van der Waals surface area contributed by atoms with Gasteiger partial charge in [0.1, 0.15) is 6.54 Å². The molecule has 0 saturated carbocycles. The zero-order valence-electron chi connectivity index (χ0n) is 9.47. The Hall–Kier alpha value is -1.55. The minimum absolute atomic E-state index is 0.200. The van der Waals surface area contributed by atoms with Gasteiger partial charge in [0.25, 0.3) is 5.91 Å². The van der Waals surface area contributed by atoms with Crippen LogP contribution >= 0.6 is 11.6 Å². The zero-order valence-corrected chi connectivity index (χ0v) is 10.2. The summed E-state index contributed by atoms with van der Waals surface area (Å²) in [7, 11) is 0. The minimum atomic E-state index is -1.05. The van der Waals surface area contributed by atoms with E-state index in [9.17, 15) is 9.59 Å². The van der Waals surface area contributed by atoms with Gasteiger partial charge in [0.2, 0.25) is 0 Å². The van der Waals surface area contributed by atoms with Gasteiger partial charge >= 0.3 is 5.97 Å². The number of alkyl halides is 1. The fourth-order valence-corrected chi connectivity index (χ4v) is 1.57. The van der Waals surface area contributed by atoms with Crippen molar-refractivity contribution in [3.05, 3.63) is 35.9 Å². The largest absolute Gasteiger partial charge is 0.480 e. The number of rotatable bonds is 5. The molecule has 1 rings (SSSR count). The molecule has 1 aromatic carbocycles. The van der Waals surface area contributed by atoms with E-state index in [1.54, 1.807) is 37.3 Å². The normalized spacial score (nSPS) is 11.9. The molecule has 5 heteroatoms. The van der Waals surface area contributed by atoms with Crippen LogP contribution in [0.1, 0.15) is 17.3 Å². The smallest absolute Gasteiger partial charge is 0.323 e. The second-order valence-electron chi connectivity index (χ2n) is 3.70. The molecule has 1 N–H and O–H groups in total. The fraction of sp³-hybridized carbons (Fsp3) is 0.333. The predicted octanol–water partition coefficient (Wildman–Crippen LogP) is 1.84. The lowest BCUT2D eigenvalue weighted by Gasteiger charge is -2.26. The van der Waals surface area contributed by atoms with Gasteiger partial charge < -0.3 is 10.0 Å². The van der Waals surface area contributed by atoms with Gasteiger partial charge in [-0.1, -0.05) is 18.2 Å². The quantitative estimate of drug-likeness (QED) is 0.817. The topological polar surface area (TPSA) is 57.6 Å². The van der Waals surface area contributed by atoms with Gasteiger partial charge in [0, 0.05) is 17.5 Å². The number of carbonyl (C=O) groups is 2. The molecule has 1 atom stereocenters. The number of halogens is 1. The molecular formula is C12H14ClNO3. The summed E-state index contributed by atoms with van der Waals surface area (Å²) < 4.78 is 0. The Balaban J connectivity index is 2.90. The molecule has 1 unspecified atom stereocenters. The van der Waals surface area contributed by atoms with Crippen molar-refractivity contribution in [2.75, 3.05) is 12.4 Å². The van der Waals surface area contributed by atoms with E-state index in [1.165, 1.54) is 4.90 Å². The molecule has 4 nitrogen and oxygen atoms in total. The van der Waals surface area contributed by atoms with E-state index in [-0.39, 0.29) is 24.4 Å². The molecule has 0 spiro atoms. The van der Waals surface area contributed by atoms with E-state index >= 15 is 0 Å². The Morgan fingerprint density at radius 3 is 2.41 bits per heavy atom. The van der Waals surface area contributed by atoms with E-state index in [1.807, 2.05) is 0 Å². The highest BCUT2D eigenvalue weighted by Gasteiger charge is 2.22. The van der Waals surface area contributed by atoms with Crippen molar-refractivity contribution in [2.24, 2.45) is 0 Å². The summed E-state index contributed by atoms with van der Waals surface area (Å²) in [5.74, 6) is -1.17. The van der Waals surface area contributed by atoms with E-state index in [4.69, 9.17) is 16.7 Å². The first-order valence-electron chi connectivity index (χ1n) is 5.20. The van der Waals surface area contributed by atoms with Crippen molar-refractivity contribution >= 4 is 23.5 Å². The minimum Gasteiger partial charge on any atom is -0.480 e. The SMILES string of the molecule is CC(CCl)N(CC(=O)O)C(=O)c1ccccc1. The number of carboxylic acids is 1. The van der Waals surface area contributed by atoms with Gasteiger partial charge in [-0.2, -0.15) is 0 Å². The molecule has 17 heavy (non-hydrogen) atoms. The van der Waals surface area contributed by atoms with Crippen molar-refractivity contribution < 1.29 is 14.7 Å². The number of nitrogens with zero attached hydrogens (tertiary/aromatic N) is 1. The summed E-state index contributed by atoms with van der Waals surface area (Å²) in [6.45, 7) is 1.37. The molecule has 0 aliphatic carbocycles. The molecule has 0 aromatic heterocycles. The van der Waals surface area contributed by atoms with Crippen molar-refractivity contribution in [3.8, 4) is 0 Å². The first-order valence-corrected chi connectivity index (χ1v) is 5.73. The van der Waals surface area contributed by atoms with Gasteiger partial charge in [-0.25, -0.2) is 0 Å². The Bertz CT molecular complexity index is 394. The highest BCUT2D eigenvalue weighted by Crippen LogP contribution is 2.09. The monoisotopic (exact) mass is 255 g/mol. The van der Waals surface area contributed by atoms with Crippen LogP contribution in [-0.4, -0.2) is 40.3 Å². The molecule has 92 valence electrons. The third-order valence-electron chi connectivity index (χ3n) is 2.34. The van der Waals surface area contributed by atoms with Crippen LogP contribution in [0.15, 0.2) is 30.3 Å². The van der Waals surface area contributed by atoms with Gasteiger partial charge in [-0.15, -0.1) is 11.6 Å². The number of aliphatic carboxylic acids is 1. The molecule has 1 aromatic rings. The van der Waals surface area contributed by atoms with Crippen molar-refractivity contribution in [1.29, 1.82) is 0 Å². The van der Waals surface area contributed by atoms with E-state index < -0.39 is 5.97 Å². The van der Waals surface area contributed by atoms with Crippen LogP contribution in [0.2, 0.25) is 0 Å². The third kappa shape index (κ3) is 3.75. The standard InChI is InChI=1S/C12H14ClNO3/c1-9(7-13)14(8-11(15)16)12(17)10-5-3-2-4-6-10/h2-6,9H,7-8H2,1H3,(H,15,16). The molecular weight excluding hydrogens is 242 g/mol. The Labute approximate surface area is 105 Å². The fourth-order valence-electron chi connectivity index (χ4n) is 1.40. The van der Waals surface area contributed by atoms with Crippen LogP contribution in [-0.2, 0) is 4.79 Å². The van der Waals surface area contributed by atoms with Crippen molar-refractivity contribution in [1.82, 2.24) is 4.90 Å². The van der Waals surface area contributed by atoms with Gasteiger partial charge in [0.05, 0.1) is 0 Å². The molecule has 0 heterocycles. The van der Waals surface area contributed by atoms with Crippen LogP contribution in [0.5, 0.6) is 0 Å². The van der Waals surface area contributed by atoms with Crippen LogP contribution in [0, 0.1) is 0 Å². The highest BCUT2D eigenvalue weighted by molar-refractivity contribution is 6.18. The molecule has 0 aliphatic rings. The average Bonchev–Trinajstić information content (AvgIpc) is 2.35. The Kier molecular flexibility index (Phi) is 4.97. The maximum absolute atomic E-state index is 12.1. The number of carbonyl (C=O) groups excluding carboxylic acids is 1. The van der Waals surface area contributed by atoms with Crippen LogP contribution < -0.4 is 0 Å². The number of carboxylic acid groups (broad SMARTS) is 1. The highest BCUT2D eigenvalue weighted by atomic mass is 35.5. The third-order valence-corrected chi connectivity index (χ3v) is 2.79. The number of hydrogen-bond acceptors (Lipinski definition) is 2. The molecule has 1 amide bonds. The van der Waals surface area contributed by atoms with Crippen molar-refractivity contribution in [2.45, 2.75) is 13.0 Å². The van der Waals surface area contributed by atoms with E-state index in [0.717, 1.165) is 0 Å². The summed E-state index contributed by atoms with van der Waals surface area (Å²) in [5.41, 5.74) is 0.464. The summed E-state index contributed by atoms with van der Waals surface area (Å²) in [5, 5.41) is 8.79. The average molecular weight is 256 g/mol. The summed E-state index contributed by atoms with van der Waals surface area (Å²) >= 11 is 5.67. The molecule has 0 bridgehead atoms. The lowest BCUT2D eigenvalue weighted by molar-refractivity contribution is -0.138. The van der Waals surface area contributed by atoms with E-state index in [2.05, 4.69) is 0 Å². The van der Waals surface area contributed by atoms with Crippen LogP contribution in [0.25, 0.3) is 0 Å². The summed E-state index contributed by atoms with van der Waals surface area (Å²) in [6.07, 6.45) is 0. The first kappa shape index (κ1) is 13.5. The van der Waals surface area contributed by atoms with Gasteiger partial charge in [-0.05, 0) is 19.1 Å². The lowest BCUT2D eigenvalue weighted by Crippen LogP contribution is -2.43. The number of amides is 1. The lowest BCUT2D eigenvalue weighted by atomic mass is 10.1. The maximum atomic E-state index is 12.1. The molecule has 0 radical (unpaired) electrons. The summed E-state index contributed by atoms with van der Waals surface area (Å²) in [4.78, 5) is 24.1. The van der Waals surface area contributed by atoms with E-state index in [0.29, 0.717) is 5.56 Å². The maximum Gasteiger partial charge on any atom is 0.323 e. The van der Waals surface area contributed by atoms with Gasteiger partial charge in [0.15, 0.2) is 0 Å². The second-order valence-corrected chi connectivity index (χ2v) is 4.00. The van der Waals surface area contributed by atoms with Crippen LogP contribution in [0.4, 0.5) is 0 Å². The Morgan fingerprint density at radius 1 is 1.35 bits per heavy atom. The Morgan fingerprint density at radius 2 is 1.94 bits per heavy atom. The number of benzene rings is 1.